The van der Waals surface area contributed by atoms with Crippen LogP contribution in [0.15, 0.2) is 22.7 Å². The molecule has 0 radical (unpaired) electrons. The standard InChI is InChI=1S/C11H13BrClNO/c1-14-8-5-9(6-8)15-11-4-7(12)2-3-10(11)13/h2-4,8-9,14H,5-6H2,1H3. The van der Waals surface area contributed by atoms with E-state index in [4.69, 9.17) is 16.3 Å². The first-order chi connectivity index (χ1) is 7.19. The Morgan fingerprint density at radius 1 is 1.47 bits per heavy atom. The molecular formula is C11H13BrClNO. The van der Waals surface area contributed by atoms with Crippen molar-refractivity contribution in [3.63, 3.8) is 0 Å². The van der Waals surface area contributed by atoms with E-state index in [-0.39, 0.29) is 0 Å². The van der Waals surface area contributed by atoms with E-state index in [0.29, 0.717) is 17.2 Å². The monoisotopic (exact) mass is 289 g/mol. The molecule has 2 nitrogen and oxygen atoms in total. The summed E-state index contributed by atoms with van der Waals surface area (Å²) in [6, 6.07) is 6.26. The van der Waals surface area contributed by atoms with Gasteiger partial charge in [0.25, 0.3) is 0 Å². The molecule has 4 heteroatoms. The van der Waals surface area contributed by atoms with Gasteiger partial charge in [-0.25, -0.2) is 0 Å². The lowest BCUT2D eigenvalue weighted by Crippen LogP contribution is -2.45. The van der Waals surface area contributed by atoms with E-state index in [9.17, 15) is 0 Å². The molecule has 1 saturated carbocycles. The van der Waals surface area contributed by atoms with E-state index in [1.165, 1.54) is 0 Å². The Bertz CT molecular complexity index is 352. The molecule has 1 aromatic carbocycles. The van der Waals surface area contributed by atoms with Crippen LogP contribution in [0.1, 0.15) is 12.8 Å². The molecule has 0 spiro atoms. The first kappa shape index (κ1) is 11.2. The van der Waals surface area contributed by atoms with Gasteiger partial charge in [-0.2, -0.15) is 0 Å². The SMILES string of the molecule is CNC1CC(Oc2cc(Br)ccc2Cl)C1. The maximum Gasteiger partial charge on any atom is 0.139 e. The van der Waals surface area contributed by atoms with E-state index in [2.05, 4.69) is 21.2 Å². The Hall–Kier alpha value is -0.250. The van der Waals surface area contributed by atoms with Gasteiger partial charge in [-0.05, 0) is 38.1 Å². The molecule has 1 fully saturated rings. The molecule has 0 heterocycles. The molecule has 0 bridgehead atoms. The molecule has 1 aliphatic rings. The summed E-state index contributed by atoms with van der Waals surface area (Å²) in [5.74, 6) is 0.769. The maximum atomic E-state index is 6.03. The van der Waals surface area contributed by atoms with Crippen molar-refractivity contribution in [2.45, 2.75) is 25.0 Å². The fourth-order valence-electron chi connectivity index (χ4n) is 1.64. The summed E-state index contributed by atoms with van der Waals surface area (Å²) in [7, 11) is 1.98. The summed E-state index contributed by atoms with van der Waals surface area (Å²) < 4.78 is 6.78. The van der Waals surface area contributed by atoms with E-state index in [1.807, 2.05) is 25.2 Å². The lowest BCUT2D eigenvalue weighted by molar-refractivity contribution is 0.0885. The van der Waals surface area contributed by atoms with Gasteiger partial charge in [-0.1, -0.05) is 27.5 Å². The fourth-order valence-corrected chi connectivity index (χ4v) is 2.15. The summed E-state index contributed by atoms with van der Waals surface area (Å²) in [5.41, 5.74) is 0. The lowest BCUT2D eigenvalue weighted by atomic mass is 9.89. The molecule has 0 aliphatic heterocycles. The molecule has 15 heavy (non-hydrogen) atoms. The smallest absolute Gasteiger partial charge is 0.139 e. The molecule has 0 atom stereocenters. The van der Waals surface area contributed by atoms with Gasteiger partial charge in [0.05, 0.1) is 5.02 Å². The highest BCUT2D eigenvalue weighted by molar-refractivity contribution is 9.10. The zero-order valence-electron chi connectivity index (χ0n) is 8.47. The molecule has 1 aromatic rings. The van der Waals surface area contributed by atoms with E-state index in [1.54, 1.807) is 0 Å². The summed E-state index contributed by atoms with van der Waals surface area (Å²) in [4.78, 5) is 0. The number of halogens is 2. The van der Waals surface area contributed by atoms with Crippen LogP contribution in [-0.4, -0.2) is 19.2 Å². The van der Waals surface area contributed by atoms with Gasteiger partial charge in [0.2, 0.25) is 0 Å². The third-order valence-electron chi connectivity index (χ3n) is 2.69. The number of benzene rings is 1. The zero-order valence-corrected chi connectivity index (χ0v) is 10.8. The first-order valence-corrected chi connectivity index (χ1v) is 6.15. The summed E-state index contributed by atoms with van der Waals surface area (Å²) in [6.45, 7) is 0. The van der Waals surface area contributed by atoms with Gasteiger partial charge >= 0.3 is 0 Å². The lowest BCUT2D eigenvalue weighted by Gasteiger charge is -2.35. The molecule has 0 unspecified atom stereocenters. The second-order valence-electron chi connectivity index (χ2n) is 3.77. The highest BCUT2D eigenvalue weighted by Gasteiger charge is 2.29. The number of ether oxygens (including phenoxy) is 1. The van der Waals surface area contributed by atoms with Crippen LogP contribution in [0.5, 0.6) is 5.75 Å². The Morgan fingerprint density at radius 2 is 2.20 bits per heavy atom. The second kappa shape index (κ2) is 4.73. The van der Waals surface area contributed by atoms with Crippen LogP contribution in [0.25, 0.3) is 0 Å². The topological polar surface area (TPSA) is 21.3 Å². The minimum absolute atomic E-state index is 0.300. The second-order valence-corrected chi connectivity index (χ2v) is 5.09. The Balaban J connectivity index is 1.97. The molecule has 1 N–H and O–H groups in total. The molecule has 0 amide bonds. The van der Waals surface area contributed by atoms with Crippen LogP contribution in [0.4, 0.5) is 0 Å². The van der Waals surface area contributed by atoms with E-state index < -0.39 is 0 Å². The number of nitrogens with one attached hydrogen (secondary N) is 1. The van der Waals surface area contributed by atoms with Gasteiger partial charge < -0.3 is 10.1 Å². The number of hydrogen-bond acceptors (Lipinski definition) is 2. The van der Waals surface area contributed by atoms with Crippen molar-refractivity contribution in [2.24, 2.45) is 0 Å². The maximum absolute atomic E-state index is 6.03. The molecule has 2 rings (SSSR count). The van der Waals surface area contributed by atoms with Crippen LogP contribution in [0.2, 0.25) is 5.02 Å². The third-order valence-corrected chi connectivity index (χ3v) is 3.50. The Labute approximate surface area is 103 Å². The normalized spacial score (nSPS) is 24.7. The number of rotatable bonds is 3. The molecular weight excluding hydrogens is 277 g/mol. The van der Waals surface area contributed by atoms with E-state index in [0.717, 1.165) is 23.1 Å². The van der Waals surface area contributed by atoms with Crippen molar-refractivity contribution in [1.29, 1.82) is 0 Å². The average molecular weight is 291 g/mol. The van der Waals surface area contributed by atoms with Crippen molar-refractivity contribution >= 4 is 27.5 Å². The van der Waals surface area contributed by atoms with Crippen LogP contribution in [0, 0.1) is 0 Å². The first-order valence-electron chi connectivity index (χ1n) is 4.98. The summed E-state index contributed by atoms with van der Waals surface area (Å²) >= 11 is 9.43. The van der Waals surface area contributed by atoms with Crippen molar-refractivity contribution in [3.8, 4) is 5.75 Å². The van der Waals surface area contributed by atoms with Gasteiger partial charge in [0.1, 0.15) is 11.9 Å². The molecule has 0 aromatic heterocycles. The molecule has 1 aliphatic carbocycles. The minimum atomic E-state index is 0.300. The fraction of sp³-hybridized carbons (Fsp3) is 0.455. The Morgan fingerprint density at radius 3 is 2.87 bits per heavy atom. The summed E-state index contributed by atoms with van der Waals surface area (Å²) in [6.07, 6.45) is 2.41. The van der Waals surface area contributed by atoms with Crippen molar-refractivity contribution in [3.05, 3.63) is 27.7 Å². The highest BCUT2D eigenvalue weighted by Crippen LogP contribution is 2.32. The predicted octanol–water partition coefficient (Wildman–Crippen LogP) is 3.23. The average Bonchev–Trinajstić information content (AvgIpc) is 2.16. The summed E-state index contributed by atoms with van der Waals surface area (Å²) in [5, 5.41) is 3.89. The zero-order chi connectivity index (χ0) is 10.8. The van der Waals surface area contributed by atoms with Crippen LogP contribution >= 0.6 is 27.5 Å². The van der Waals surface area contributed by atoms with Crippen LogP contribution < -0.4 is 10.1 Å². The molecule has 0 saturated heterocycles. The largest absolute Gasteiger partial charge is 0.489 e. The van der Waals surface area contributed by atoms with Crippen LogP contribution in [0.3, 0.4) is 0 Å². The van der Waals surface area contributed by atoms with Crippen LogP contribution in [-0.2, 0) is 0 Å². The predicted molar refractivity (Wildman–Crippen MR) is 65.6 cm³/mol. The van der Waals surface area contributed by atoms with Gasteiger partial charge in [0, 0.05) is 10.5 Å². The number of hydrogen-bond donors (Lipinski definition) is 1. The van der Waals surface area contributed by atoms with Gasteiger partial charge in [-0.15, -0.1) is 0 Å². The quantitative estimate of drug-likeness (QED) is 0.923. The highest BCUT2D eigenvalue weighted by atomic mass is 79.9. The molecule has 82 valence electrons. The minimum Gasteiger partial charge on any atom is -0.489 e. The van der Waals surface area contributed by atoms with Crippen molar-refractivity contribution < 1.29 is 4.74 Å². The third kappa shape index (κ3) is 2.65. The van der Waals surface area contributed by atoms with Gasteiger partial charge in [0.15, 0.2) is 0 Å². The Kier molecular flexibility index (Phi) is 3.54. The van der Waals surface area contributed by atoms with Gasteiger partial charge in [-0.3, -0.25) is 0 Å². The van der Waals surface area contributed by atoms with Crippen molar-refractivity contribution in [1.82, 2.24) is 5.32 Å². The van der Waals surface area contributed by atoms with E-state index >= 15 is 0 Å². The van der Waals surface area contributed by atoms with Crippen molar-refractivity contribution in [2.75, 3.05) is 7.05 Å².